The zero-order valence-corrected chi connectivity index (χ0v) is 12.6. The van der Waals surface area contributed by atoms with E-state index in [0.29, 0.717) is 0 Å². The van der Waals surface area contributed by atoms with Crippen LogP contribution in [-0.2, 0) is 10.0 Å². The van der Waals surface area contributed by atoms with E-state index in [1.165, 1.54) is 12.1 Å². The Hall–Kier alpha value is -1.41. The van der Waals surface area contributed by atoms with Gasteiger partial charge in [0.15, 0.2) is 13.9 Å². The average molecular weight is 307 g/mol. The normalized spacial score (nSPS) is 15.8. The summed E-state index contributed by atoms with van der Waals surface area (Å²) in [7, 11) is -2.52. The van der Waals surface area contributed by atoms with Gasteiger partial charge in [0.2, 0.25) is 0 Å². The molecule has 112 valence electrons. The first-order chi connectivity index (χ1) is 8.87. The maximum Gasteiger partial charge on any atom is 0.420 e. The van der Waals surface area contributed by atoms with Crippen molar-refractivity contribution in [1.29, 1.82) is 0 Å². The largest absolute Gasteiger partial charge is 0.420 e. The Morgan fingerprint density at radius 2 is 1.80 bits per heavy atom. The van der Waals surface area contributed by atoms with E-state index in [1.807, 2.05) is 0 Å². The first kappa shape index (κ1) is 16.6. The third kappa shape index (κ3) is 3.57. The van der Waals surface area contributed by atoms with Crippen LogP contribution in [0.15, 0.2) is 24.3 Å². The fourth-order valence-corrected chi connectivity index (χ4v) is 3.27. The summed E-state index contributed by atoms with van der Waals surface area (Å²) in [4.78, 5) is 9.98. The van der Waals surface area contributed by atoms with E-state index in [2.05, 4.69) is 0 Å². The summed E-state index contributed by atoms with van der Waals surface area (Å²) >= 11 is 0. The first-order valence-corrected chi connectivity index (χ1v) is 9.29. The van der Waals surface area contributed by atoms with E-state index >= 15 is 0 Å². The standard InChI is InChI=1S/C12H16F3NO3Si/c1-11(12(13,14)15,19-20(2,3)4)9-6-5-7-10(8-9)16(17)18/h5-8H,1-4H3/t11-/m0/s1. The third-order valence-electron chi connectivity index (χ3n) is 2.66. The van der Waals surface area contributed by atoms with Crippen molar-refractivity contribution in [2.45, 2.75) is 38.3 Å². The lowest BCUT2D eigenvalue weighted by atomic mass is 9.95. The summed E-state index contributed by atoms with van der Waals surface area (Å²) < 4.78 is 45.4. The molecule has 0 aliphatic heterocycles. The van der Waals surface area contributed by atoms with Gasteiger partial charge in [0, 0.05) is 12.1 Å². The van der Waals surface area contributed by atoms with Gasteiger partial charge >= 0.3 is 6.18 Å². The van der Waals surface area contributed by atoms with Crippen LogP contribution >= 0.6 is 0 Å². The molecule has 0 spiro atoms. The Morgan fingerprint density at radius 1 is 1.25 bits per heavy atom. The molecule has 1 atom stereocenters. The van der Waals surface area contributed by atoms with E-state index in [0.717, 1.165) is 19.1 Å². The predicted molar refractivity (Wildman–Crippen MR) is 70.9 cm³/mol. The van der Waals surface area contributed by atoms with Crippen molar-refractivity contribution in [2.75, 3.05) is 0 Å². The molecule has 0 fully saturated rings. The maximum absolute atomic E-state index is 13.4. The molecule has 1 aromatic carbocycles. The number of nitro benzene ring substituents is 1. The Bertz CT molecular complexity index is 513. The summed E-state index contributed by atoms with van der Waals surface area (Å²) in [6.07, 6.45) is -4.66. The van der Waals surface area contributed by atoms with Gasteiger partial charge in [-0.3, -0.25) is 10.1 Å². The van der Waals surface area contributed by atoms with E-state index in [9.17, 15) is 23.3 Å². The Morgan fingerprint density at radius 3 is 2.20 bits per heavy atom. The molecule has 4 nitrogen and oxygen atoms in total. The van der Waals surface area contributed by atoms with Gasteiger partial charge in [-0.15, -0.1) is 0 Å². The molecule has 0 amide bonds. The van der Waals surface area contributed by atoms with E-state index in [1.54, 1.807) is 19.6 Å². The molecular formula is C12H16F3NO3Si. The highest BCUT2D eigenvalue weighted by Crippen LogP contribution is 2.44. The molecule has 0 aliphatic rings. The topological polar surface area (TPSA) is 52.4 Å². The average Bonchev–Trinajstić information content (AvgIpc) is 2.25. The van der Waals surface area contributed by atoms with Crippen LogP contribution in [0.2, 0.25) is 19.6 Å². The predicted octanol–water partition coefficient (Wildman–Crippen LogP) is 4.22. The number of rotatable bonds is 4. The van der Waals surface area contributed by atoms with Gasteiger partial charge in [-0.25, -0.2) is 0 Å². The smallest absolute Gasteiger partial charge is 0.401 e. The van der Waals surface area contributed by atoms with E-state index in [-0.39, 0.29) is 5.56 Å². The summed E-state index contributed by atoms with van der Waals surface area (Å²) in [5.74, 6) is 0. The lowest BCUT2D eigenvalue weighted by Gasteiger charge is -2.37. The number of halogens is 3. The zero-order valence-electron chi connectivity index (χ0n) is 11.6. The number of non-ortho nitro benzene ring substituents is 1. The molecule has 0 radical (unpaired) electrons. The number of hydrogen-bond donors (Lipinski definition) is 0. The molecule has 0 aromatic heterocycles. The van der Waals surface area contributed by atoms with Gasteiger partial charge in [0.1, 0.15) is 0 Å². The summed E-state index contributed by atoms with van der Waals surface area (Å²) in [5.41, 5.74) is -3.21. The van der Waals surface area contributed by atoms with Crippen molar-refractivity contribution in [3.8, 4) is 0 Å². The molecule has 20 heavy (non-hydrogen) atoms. The van der Waals surface area contributed by atoms with Gasteiger partial charge in [-0.2, -0.15) is 13.2 Å². The molecule has 1 aromatic rings. The lowest BCUT2D eigenvalue weighted by molar-refractivity contribution is -0.385. The van der Waals surface area contributed by atoms with Crippen molar-refractivity contribution in [2.24, 2.45) is 0 Å². The SMILES string of the molecule is C[C@](O[Si](C)(C)C)(c1cccc([N+](=O)[O-])c1)C(F)(F)F. The summed E-state index contributed by atoms with van der Waals surface area (Å²) in [5, 5.41) is 10.7. The lowest BCUT2D eigenvalue weighted by Crippen LogP contribution is -2.48. The van der Waals surface area contributed by atoms with Crippen LogP contribution in [0.25, 0.3) is 0 Å². The van der Waals surface area contributed by atoms with Crippen molar-refractivity contribution in [3.63, 3.8) is 0 Å². The third-order valence-corrected chi connectivity index (χ3v) is 3.68. The van der Waals surface area contributed by atoms with E-state index < -0.39 is 30.7 Å². The molecule has 0 N–H and O–H groups in total. The Balaban J connectivity index is 3.39. The summed E-state index contributed by atoms with van der Waals surface area (Å²) in [6.45, 7) is 5.81. The molecule has 1 rings (SSSR count). The maximum atomic E-state index is 13.4. The first-order valence-electron chi connectivity index (χ1n) is 5.89. The number of nitro groups is 1. The molecule has 0 aliphatic carbocycles. The fraction of sp³-hybridized carbons (Fsp3) is 0.500. The highest BCUT2D eigenvalue weighted by molar-refractivity contribution is 6.69. The van der Waals surface area contributed by atoms with Gasteiger partial charge in [-0.1, -0.05) is 12.1 Å². The van der Waals surface area contributed by atoms with Crippen LogP contribution in [0.5, 0.6) is 0 Å². The molecule has 0 bridgehead atoms. The van der Waals surface area contributed by atoms with Crippen molar-refractivity contribution in [3.05, 3.63) is 39.9 Å². The molecular weight excluding hydrogens is 291 g/mol. The second-order valence-corrected chi connectivity index (χ2v) is 9.98. The number of benzene rings is 1. The second-order valence-electron chi connectivity index (χ2n) is 5.55. The zero-order chi connectivity index (χ0) is 15.8. The second kappa shape index (κ2) is 5.17. The quantitative estimate of drug-likeness (QED) is 0.475. The molecule has 0 saturated carbocycles. The van der Waals surface area contributed by atoms with Crippen molar-refractivity contribution < 1.29 is 22.5 Å². The van der Waals surface area contributed by atoms with Crippen LogP contribution < -0.4 is 0 Å². The van der Waals surface area contributed by atoms with Crippen LogP contribution in [0.3, 0.4) is 0 Å². The highest BCUT2D eigenvalue weighted by atomic mass is 28.4. The molecule has 0 unspecified atom stereocenters. The van der Waals surface area contributed by atoms with Crippen LogP contribution in [0, 0.1) is 10.1 Å². The number of nitrogens with zero attached hydrogens (tertiary/aromatic N) is 1. The Labute approximate surface area is 115 Å². The minimum atomic E-state index is -4.66. The summed E-state index contributed by atoms with van der Waals surface area (Å²) in [6, 6.07) is 4.48. The number of hydrogen-bond acceptors (Lipinski definition) is 3. The molecule has 0 saturated heterocycles. The van der Waals surface area contributed by atoms with Crippen molar-refractivity contribution >= 4 is 14.0 Å². The van der Waals surface area contributed by atoms with Crippen LogP contribution in [-0.4, -0.2) is 19.4 Å². The van der Waals surface area contributed by atoms with Crippen LogP contribution in [0.1, 0.15) is 12.5 Å². The Kier molecular flexibility index (Phi) is 4.30. The fourth-order valence-electron chi connectivity index (χ4n) is 1.81. The minimum absolute atomic E-state index is 0.262. The minimum Gasteiger partial charge on any atom is -0.401 e. The van der Waals surface area contributed by atoms with Gasteiger partial charge in [0.05, 0.1) is 4.92 Å². The van der Waals surface area contributed by atoms with Crippen LogP contribution in [0.4, 0.5) is 18.9 Å². The monoisotopic (exact) mass is 307 g/mol. The van der Waals surface area contributed by atoms with Gasteiger partial charge in [-0.05, 0) is 32.1 Å². The molecule has 8 heteroatoms. The van der Waals surface area contributed by atoms with E-state index in [4.69, 9.17) is 4.43 Å². The van der Waals surface area contributed by atoms with Gasteiger partial charge < -0.3 is 4.43 Å². The number of alkyl halides is 3. The van der Waals surface area contributed by atoms with Gasteiger partial charge in [0.25, 0.3) is 5.69 Å². The van der Waals surface area contributed by atoms with Crippen molar-refractivity contribution in [1.82, 2.24) is 0 Å². The highest BCUT2D eigenvalue weighted by Gasteiger charge is 2.55. The molecule has 0 heterocycles.